The van der Waals surface area contributed by atoms with Crippen LogP contribution in [0.3, 0.4) is 0 Å². The number of piperazine rings is 1. The van der Waals surface area contributed by atoms with E-state index in [0.29, 0.717) is 24.7 Å². The summed E-state index contributed by atoms with van der Waals surface area (Å²) >= 11 is 6.17. The topological polar surface area (TPSA) is 49.4 Å². The van der Waals surface area contributed by atoms with Gasteiger partial charge in [-0.15, -0.1) is 12.4 Å². The number of halogens is 3. The first-order valence-corrected chi connectivity index (χ1v) is 8.55. The quantitative estimate of drug-likeness (QED) is 0.881. The summed E-state index contributed by atoms with van der Waals surface area (Å²) in [4.78, 5) is 0. The Labute approximate surface area is 136 Å². The third-order valence-electron chi connectivity index (χ3n) is 3.35. The molecule has 0 radical (unpaired) electrons. The van der Waals surface area contributed by atoms with Crippen molar-refractivity contribution in [3.05, 3.63) is 34.9 Å². The standard InChI is InChI=1S/C13H18ClFN2O2S.ClH/c14-12-5-2-1-4-11(12)13-10-16-7-8-17(13)20(18,19)9-3-6-15;/h1-2,4-5,13,16H,3,6-10H2;1H. The molecule has 120 valence electrons. The molecule has 1 saturated heterocycles. The van der Waals surface area contributed by atoms with Crippen LogP contribution < -0.4 is 5.32 Å². The number of sulfonamides is 1. The minimum Gasteiger partial charge on any atom is -0.313 e. The van der Waals surface area contributed by atoms with Crippen LogP contribution in [0.15, 0.2) is 24.3 Å². The molecule has 0 aromatic heterocycles. The first-order chi connectivity index (χ1) is 9.56. The van der Waals surface area contributed by atoms with Crippen LogP contribution in [0.25, 0.3) is 0 Å². The van der Waals surface area contributed by atoms with E-state index in [0.717, 1.165) is 5.56 Å². The monoisotopic (exact) mass is 356 g/mol. The maximum Gasteiger partial charge on any atom is 0.214 e. The summed E-state index contributed by atoms with van der Waals surface area (Å²) < 4.78 is 38.4. The zero-order chi connectivity index (χ0) is 14.6. The smallest absolute Gasteiger partial charge is 0.214 e. The van der Waals surface area contributed by atoms with Gasteiger partial charge in [-0.1, -0.05) is 29.8 Å². The fourth-order valence-electron chi connectivity index (χ4n) is 2.38. The molecule has 1 aromatic carbocycles. The minimum absolute atomic E-state index is 0. The number of alkyl halides is 1. The van der Waals surface area contributed by atoms with Gasteiger partial charge in [-0.25, -0.2) is 8.42 Å². The molecule has 0 amide bonds. The largest absolute Gasteiger partial charge is 0.313 e. The molecule has 1 N–H and O–H groups in total. The molecule has 8 heteroatoms. The third-order valence-corrected chi connectivity index (χ3v) is 5.65. The normalized spacial score (nSPS) is 20.0. The Hall–Kier alpha value is -0.400. The fourth-order valence-corrected chi connectivity index (χ4v) is 4.30. The molecular weight excluding hydrogens is 338 g/mol. The lowest BCUT2D eigenvalue weighted by molar-refractivity contribution is 0.271. The number of benzene rings is 1. The first-order valence-electron chi connectivity index (χ1n) is 6.57. The summed E-state index contributed by atoms with van der Waals surface area (Å²) in [6, 6.07) is 6.89. The van der Waals surface area contributed by atoms with Gasteiger partial charge in [0.2, 0.25) is 10.0 Å². The van der Waals surface area contributed by atoms with E-state index in [-0.39, 0.29) is 30.6 Å². The van der Waals surface area contributed by atoms with E-state index in [2.05, 4.69) is 5.32 Å². The molecule has 1 aliphatic rings. The molecule has 1 unspecified atom stereocenters. The van der Waals surface area contributed by atoms with Crippen LogP contribution in [0.2, 0.25) is 5.02 Å². The maximum absolute atomic E-state index is 12.3. The van der Waals surface area contributed by atoms with Crippen molar-refractivity contribution in [3.63, 3.8) is 0 Å². The fraction of sp³-hybridized carbons (Fsp3) is 0.538. The highest BCUT2D eigenvalue weighted by Gasteiger charge is 2.33. The van der Waals surface area contributed by atoms with Gasteiger partial charge in [0.15, 0.2) is 0 Å². The molecule has 1 aromatic rings. The summed E-state index contributed by atoms with van der Waals surface area (Å²) in [5.41, 5.74) is 0.783. The Bertz CT molecular complexity index is 557. The van der Waals surface area contributed by atoms with Crippen LogP contribution in [-0.2, 0) is 10.0 Å². The average molecular weight is 357 g/mol. The highest BCUT2D eigenvalue weighted by Crippen LogP contribution is 2.30. The SMILES string of the molecule is Cl.O=S(=O)(CCCF)N1CCNCC1c1ccccc1Cl. The van der Waals surface area contributed by atoms with Crippen molar-refractivity contribution >= 4 is 34.0 Å². The van der Waals surface area contributed by atoms with Crippen molar-refractivity contribution < 1.29 is 12.8 Å². The second-order valence-corrected chi connectivity index (χ2v) is 7.16. The average Bonchev–Trinajstić information content (AvgIpc) is 2.46. The van der Waals surface area contributed by atoms with Gasteiger partial charge >= 0.3 is 0 Å². The highest BCUT2D eigenvalue weighted by molar-refractivity contribution is 7.89. The number of hydrogen-bond acceptors (Lipinski definition) is 3. The second-order valence-electron chi connectivity index (χ2n) is 4.71. The third kappa shape index (κ3) is 4.53. The van der Waals surface area contributed by atoms with Gasteiger partial charge in [0, 0.05) is 24.7 Å². The van der Waals surface area contributed by atoms with Crippen molar-refractivity contribution in [1.82, 2.24) is 9.62 Å². The molecule has 4 nitrogen and oxygen atoms in total. The first kappa shape index (κ1) is 18.6. The molecule has 1 heterocycles. The van der Waals surface area contributed by atoms with Crippen LogP contribution in [0, 0.1) is 0 Å². The van der Waals surface area contributed by atoms with Gasteiger partial charge in [-0.2, -0.15) is 4.31 Å². The number of nitrogens with one attached hydrogen (secondary N) is 1. The number of nitrogens with zero attached hydrogens (tertiary/aromatic N) is 1. The lowest BCUT2D eigenvalue weighted by Crippen LogP contribution is -2.49. The zero-order valence-corrected chi connectivity index (χ0v) is 13.9. The van der Waals surface area contributed by atoms with Gasteiger partial charge in [-0.05, 0) is 18.1 Å². The summed E-state index contributed by atoms with van der Waals surface area (Å²) in [6.45, 7) is 0.862. The second kappa shape index (κ2) is 8.29. The molecule has 0 aliphatic carbocycles. The van der Waals surface area contributed by atoms with Crippen molar-refractivity contribution in [2.75, 3.05) is 32.1 Å². The Balaban J connectivity index is 0.00000220. The van der Waals surface area contributed by atoms with E-state index < -0.39 is 16.7 Å². The molecule has 0 bridgehead atoms. The maximum atomic E-state index is 12.3. The molecular formula is C13H19Cl2FN2O2S. The van der Waals surface area contributed by atoms with E-state index in [4.69, 9.17) is 11.6 Å². The van der Waals surface area contributed by atoms with Gasteiger partial charge in [-0.3, -0.25) is 4.39 Å². The molecule has 0 saturated carbocycles. The Kier molecular flexibility index (Phi) is 7.36. The Morgan fingerprint density at radius 2 is 2.10 bits per heavy atom. The van der Waals surface area contributed by atoms with Gasteiger partial charge in [0.1, 0.15) is 0 Å². The van der Waals surface area contributed by atoms with Crippen molar-refractivity contribution in [2.24, 2.45) is 0 Å². The number of hydrogen-bond donors (Lipinski definition) is 1. The summed E-state index contributed by atoms with van der Waals surface area (Å²) in [6.07, 6.45) is 0.0293. The molecule has 0 spiro atoms. The van der Waals surface area contributed by atoms with Crippen molar-refractivity contribution in [1.29, 1.82) is 0 Å². The molecule has 2 rings (SSSR count). The van der Waals surface area contributed by atoms with E-state index in [1.165, 1.54) is 4.31 Å². The number of rotatable bonds is 5. The van der Waals surface area contributed by atoms with Gasteiger partial charge in [0.05, 0.1) is 18.5 Å². The predicted octanol–water partition coefficient (Wildman–Crippen LogP) is 2.40. The minimum atomic E-state index is -3.46. The highest BCUT2D eigenvalue weighted by atomic mass is 35.5. The van der Waals surface area contributed by atoms with Crippen LogP contribution in [-0.4, -0.2) is 44.8 Å². The van der Waals surface area contributed by atoms with Crippen LogP contribution in [0.4, 0.5) is 4.39 Å². The summed E-state index contributed by atoms with van der Waals surface area (Å²) in [5, 5.41) is 3.73. The van der Waals surface area contributed by atoms with Crippen LogP contribution in [0.5, 0.6) is 0 Å². The van der Waals surface area contributed by atoms with Crippen LogP contribution >= 0.6 is 24.0 Å². The summed E-state index contributed by atoms with van der Waals surface area (Å²) in [7, 11) is -3.46. The predicted molar refractivity (Wildman–Crippen MR) is 85.4 cm³/mol. The van der Waals surface area contributed by atoms with E-state index in [9.17, 15) is 12.8 Å². The van der Waals surface area contributed by atoms with Gasteiger partial charge in [0.25, 0.3) is 0 Å². The molecule has 21 heavy (non-hydrogen) atoms. The van der Waals surface area contributed by atoms with Crippen molar-refractivity contribution in [3.8, 4) is 0 Å². The van der Waals surface area contributed by atoms with E-state index in [1.807, 2.05) is 18.2 Å². The van der Waals surface area contributed by atoms with Crippen LogP contribution in [0.1, 0.15) is 18.0 Å². The molecule has 1 fully saturated rings. The van der Waals surface area contributed by atoms with E-state index in [1.54, 1.807) is 6.07 Å². The van der Waals surface area contributed by atoms with Gasteiger partial charge < -0.3 is 5.32 Å². The zero-order valence-electron chi connectivity index (χ0n) is 11.5. The lowest BCUT2D eigenvalue weighted by Gasteiger charge is -2.35. The summed E-state index contributed by atoms with van der Waals surface area (Å²) in [5.74, 6) is -0.162. The Morgan fingerprint density at radius 3 is 2.76 bits per heavy atom. The van der Waals surface area contributed by atoms with E-state index >= 15 is 0 Å². The Morgan fingerprint density at radius 1 is 1.38 bits per heavy atom. The lowest BCUT2D eigenvalue weighted by atomic mass is 10.1. The molecule has 1 atom stereocenters. The molecule has 1 aliphatic heterocycles. The van der Waals surface area contributed by atoms with Crippen molar-refractivity contribution in [2.45, 2.75) is 12.5 Å².